The van der Waals surface area contributed by atoms with Crippen LogP contribution < -0.4 is 20.5 Å². The highest BCUT2D eigenvalue weighted by molar-refractivity contribution is 5.93. The fourth-order valence-corrected chi connectivity index (χ4v) is 2.82. The van der Waals surface area contributed by atoms with Crippen LogP contribution in [0.3, 0.4) is 0 Å². The number of carbonyl (C=O) groups is 1. The zero-order valence-electron chi connectivity index (χ0n) is 13.3. The standard InChI is InChI=1S/C16H24N2O3.ClH/c1-10-7-14(20-2)15(21-3)9-13(10)18-16(19)11-5-4-6-12(17)8-11;/h7,9,11-12H,4-6,8,17H2,1-3H3,(H,18,19);1H. The summed E-state index contributed by atoms with van der Waals surface area (Å²) in [5, 5.41) is 3.00. The van der Waals surface area contributed by atoms with Gasteiger partial charge in [0.05, 0.1) is 14.2 Å². The van der Waals surface area contributed by atoms with Crippen LogP contribution in [-0.2, 0) is 4.79 Å². The maximum Gasteiger partial charge on any atom is 0.227 e. The monoisotopic (exact) mass is 328 g/mol. The van der Waals surface area contributed by atoms with Crippen molar-refractivity contribution in [3.8, 4) is 11.5 Å². The van der Waals surface area contributed by atoms with E-state index in [0.29, 0.717) is 11.5 Å². The number of nitrogens with two attached hydrogens (primary N) is 1. The molecule has 3 N–H and O–H groups in total. The number of methoxy groups -OCH3 is 2. The summed E-state index contributed by atoms with van der Waals surface area (Å²) in [6.45, 7) is 1.93. The van der Waals surface area contributed by atoms with Crippen molar-refractivity contribution in [3.05, 3.63) is 17.7 Å². The Kier molecular flexibility index (Phi) is 6.97. The minimum atomic E-state index is 0. The molecule has 2 unspecified atom stereocenters. The number of carbonyl (C=O) groups excluding carboxylic acids is 1. The van der Waals surface area contributed by atoms with Crippen molar-refractivity contribution in [3.63, 3.8) is 0 Å². The van der Waals surface area contributed by atoms with Crippen molar-refractivity contribution in [1.82, 2.24) is 0 Å². The molecule has 1 aromatic rings. The summed E-state index contributed by atoms with van der Waals surface area (Å²) >= 11 is 0. The van der Waals surface area contributed by atoms with Crippen molar-refractivity contribution in [2.45, 2.75) is 38.6 Å². The Morgan fingerprint density at radius 3 is 2.45 bits per heavy atom. The zero-order chi connectivity index (χ0) is 15.4. The largest absolute Gasteiger partial charge is 0.493 e. The van der Waals surface area contributed by atoms with Gasteiger partial charge in [0.1, 0.15) is 0 Å². The first-order valence-electron chi connectivity index (χ1n) is 7.34. The van der Waals surface area contributed by atoms with E-state index in [1.807, 2.05) is 13.0 Å². The highest BCUT2D eigenvalue weighted by Crippen LogP contribution is 2.33. The molecule has 2 atom stereocenters. The summed E-state index contributed by atoms with van der Waals surface area (Å²) in [5.74, 6) is 1.31. The SMILES string of the molecule is COc1cc(C)c(NC(=O)C2CCCC(N)C2)cc1OC.Cl. The molecule has 1 aliphatic rings. The summed E-state index contributed by atoms with van der Waals surface area (Å²) in [4.78, 5) is 12.4. The molecule has 0 saturated heterocycles. The maximum absolute atomic E-state index is 12.4. The van der Waals surface area contributed by atoms with E-state index >= 15 is 0 Å². The first-order valence-corrected chi connectivity index (χ1v) is 7.34. The summed E-state index contributed by atoms with van der Waals surface area (Å²) in [5.41, 5.74) is 7.66. The second-order valence-corrected chi connectivity index (χ2v) is 5.63. The molecule has 0 spiro atoms. The minimum Gasteiger partial charge on any atom is -0.493 e. The molecular weight excluding hydrogens is 304 g/mol. The van der Waals surface area contributed by atoms with E-state index in [4.69, 9.17) is 15.2 Å². The van der Waals surface area contributed by atoms with E-state index in [9.17, 15) is 4.79 Å². The van der Waals surface area contributed by atoms with Gasteiger partial charge in [0.2, 0.25) is 5.91 Å². The van der Waals surface area contributed by atoms with E-state index in [1.165, 1.54) is 0 Å². The van der Waals surface area contributed by atoms with Crippen LogP contribution in [0.25, 0.3) is 0 Å². The number of aryl methyl sites for hydroxylation is 1. The molecule has 1 amide bonds. The summed E-state index contributed by atoms with van der Waals surface area (Å²) in [6.07, 6.45) is 3.70. The van der Waals surface area contributed by atoms with Crippen LogP contribution in [0, 0.1) is 12.8 Å². The maximum atomic E-state index is 12.4. The number of halogens is 1. The summed E-state index contributed by atoms with van der Waals surface area (Å²) in [7, 11) is 3.18. The third-order valence-electron chi connectivity index (χ3n) is 4.07. The number of benzene rings is 1. The fraction of sp³-hybridized carbons (Fsp3) is 0.562. The molecule has 2 rings (SSSR count). The average molecular weight is 329 g/mol. The number of hydrogen-bond acceptors (Lipinski definition) is 4. The Balaban J connectivity index is 0.00000242. The second-order valence-electron chi connectivity index (χ2n) is 5.63. The minimum absolute atomic E-state index is 0. The quantitative estimate of drug-likeness (QED) is 0.891. The highest BCUT2D eigenvalue weighted by atomic mass is 35.5. The molecular formula is C16H25ClN2O3. The molecule has 124 valence electrons. The third kappa shape index (κ3) is 4.27. The van der Waals surface area contributed by atoms with E-state index in [1.54, 1.807) is 20.3 Å². The topological polar surface area (TPSA) is 73.6 Å². The van der Waals surface area contributed by atoms with E-state index in [-0.39, 0.29) is 30.3 Å². The predicted octanol–water partition coefficient (Wildman–Crippen LogP) is 2.89. The van der Waals surface area contributed by atoms with Crippen LogP contribution in [0.4, 0.5) is 5.69 Å². The number of ether oxygens (including phenoxy) is 2. The van der Waals surface area contributed by atoms with Crippen LogP contribution in [0.15, 0.2) is 12.1 Å². The first-order chi connectivity index (χ1) is 10.0. The van der Waals surface area contributed by atoms with Gasteiger partial charge in [-0.15, -0.1) is 12.4 Å². The predicted molar refractivity (Wildman–Crippen MR) is 90.1 cm³/mol. The van der Waals surface area contributed by atoms with Crippen LogP contribution in [0.2, 0.25) is 0 Å². The van der Waals surface area contributed by atoms with E-state index < -0.39 is 0 Å². The lowest BCUT2D eigenvalue weighted by molar-refractivity contribution is -0.120. The van der Waals surface area contributed by atoms with Crippen molar-refractivity contribution >= 4 is 24.0 Å². The molecule has 1 aromatic carbocycles. The highest BCUT2D eigenvalue weighted by Gasteiger charge is 2.25. The van der Waals surface area contributed by atoms with Gasteiger partial charge >= 0.3 is 0 Å². The molecule has 5 nitrogen and oxygen atoms in total. The Hall–Kier alpha value is -1.46. The van der Waals surface area contributed by atoms with Crippen molar-refractivity contribution < 1.29 is 14.3 Å². The Labute approximate surface area is 138 Å². The van der Waals surface area contributed by atoms with Crippen LogP contribution in [0.1, 0.15) is 31.2 Å². The normalized spacial score (nSPS) is 20.7. The van der Waals surface area contributed by atoms with Crippen molar-refractivity contribution in [1.29, 1.82) is 0 Å². The Bertz CT molecular complexity index is 522. The molecule has 0 bridgehead atoms. The van der Waals surface area contributed by atoms with Crippen molar-refractivity contribution in [2.24, 2.45) is 11.7 Å². The lowest BCUT2D eigenvalue weighted by atomic mass is 9.85. The average Bonchev–Trinajstić information content (AvgIpc) is 2.48. The number of nitrogens with one attached hydrogen (secondary N) is 1. The van der Waals surface area contributed by atoms with Gasteiger partial charge in [0.15, 0.2) is 11.5 Å². The van der Waals surface area contributed by atoms with Crippen LogP contribution >= 0.6 is 12.4 Å². The Morgan fingerprint density at radius 1 is 1.23 bits per heavy atom. The number of rotatable bonds is 4. The van der Waals surface area contributed by atoms with Gasteiger partial charge in [-0.25, -0.2) is 0 Å². The summed E-state index contributed by atoms with van der Waals surface area (Å²) < 4.78 is 10.5. The van der Waals surface area contributed by atoms with Gasteiger partial charge < -0.3 is 20.5 Å². The number of anilines is 1. The fourth-order valence-electron chi connectivity index (χ4n) is 2.82. The first kappa shape index (κ1) is 18.6. The van der Waals surface area contributed by atoms with Crippen LogP contribution in [-0.4, -0.2) is 26.2 Å². The second kappa shape index (κ2) is 8.25. The molecule has 1 aliphatic carbocycles. The van der Waals surface area contributed by atoms with Gasteiger partial charge in [-0.3, -0.25) is 4.79 Å². The number of amides is 1. The lowest BCUT2D eigenvalue weighted by Crippen LogP contribution is -2.34. The van der Waals surface area contributed by atoms with E-state index in [0.717, 1.165) is 36.9 Å². The molecule has 0 heterocycles. The van der Waals surface area contributed by atoms with Gasteiger partial charge in [-0.2, -0.15) is 0 Å². The van der Waals surface area contributed by atoms with Gasteiger partial charge in [-0.05, 0) is 37.8 Å². The van der Waals surface area contributed by atoms with E-state index in [2.05, 4.69) is 5.32 Å². The molecule has 0 aliphatic heterocycles. The zero-order valence-corrected chi connectivity index (χ0v) is 14.2. The van der Waals surface area contributed by atoms with Gasteiger partial charge in [0, 0.05) is 23.7 Å². The third-order valence-corrected chi connectivity index (χ3v) is 4.07. The summed E-state index contributed by atoms with van der Waals surface area (Å²) in [6, 6.07) is 3.80. The molecule has 0 aromatic heterocycles. The Morgan fingerprint density at radius 2 is 1.86 bits per heavy atom. The van der Waals surface area contributed by atoms with Crippen molar-refractivity contribution in [2.75, 3.05) is 19.5 Å². The number of hydrogen-bond donors (Lipinski definition) is 2. The molecule has 22 heavy (non-hydrogen) atoms. The molecule has 1 saturated carbocycles. The lowest BCUT2D eigenvalue weighted by Gasteiger charge is -2.26. The molecule has 0 radical (unpaired) electrons. The smallest absolute Gasteiger partial charge is 0.227 e. The molecule has 1 fully saturated rings. The van der Waals surface area contributed by atoms with Crippen LogP contribution in [0.5, 0.6) is 11.5 Å². The van der Waals surface area contributed by atoms with Gasteiger partial charge in [0.25, 0.3) is 0 Å². The molecule has 6 heteroatoms. The van der Waals surface area contributed by atoms with Gasteiger partial charge in [-0.1, -0.05) is 6.42 Å².